The molecule has 0 spiro atoms. The number of benzene rings is 1. The summed E-state index contributed by atoms with van der Waals surface area (Å²) in [4.78, 5) is 25.8. The van der Waals surface area contributed by atoms with Gasteiger partial charge in [-0.05, 0) is 49.1 Å². The maximum Gasteiger partial charge on any atom is 0.337 e. The Balaban J connectivity index is 1.76. The number of rotatable bonds is 3. The zero-order valence-electron chi connectivity index (χ0n) is 11.6. The van der Waals surface area contributed by atoms with Crippen LogP contribution in [0.1, 0.15) is 36.9 Å². The summed E-state index contributed by atoms with van der Waals surface area (Å²) in [6.45, 7) is 0. The predicted octanol–water partition coefficient (Wildman–Crippen LogP) is 3.28. The predicted molar refractivity (Wildman–Crippen MR) is 82.1 cm³/mol. The van der Waals surface area contributed by atoms with Crippen LogP contribution in [0.5, 0.6) is 0 Å². The normalized spacial score (nSPS) is 12.8. The molecule has 1 N–H and O–H groups in total. The van der Waals surface area contributed by atoms with Gasteiger partial charge in [-0.1, -0.05) is 6.07 Å². The second kappa shape index (κ2) is 5.69. The van der Waals surface area contributed by atoms with Gasteiger partial charge in [0.15, 0.2) is 0 Å². The molecule has 0 saturated carbocycles. The molecule has 1 heterocycles. The number of carbonyl (C=O) groups is 2. The van der Waals surface area contributed by atoms with E-state index < -0.39 is 5.97 Å². The second-order valence-corrected chi connectivity index (χ2v) is 6.08. The molecule has 4 nitrogen and oxygen atoms in total. The Kier molecular flexibility index (Phi) is 3.75. The molecule has 1 amide bonds. The molecule has 1 aromatic carbocycles. The van der Waals surface area contributed by atoms with Gasteiger partial charge in [-0.3, -0.25) is 4.79 Å². The Hall–Kier alpha value is -2.14. The Morgan fingerprint density at radius 2 is 2.10 bits per heavy atom. The minimum atomic E-state index is -0.416. The molecule has 1 aromatic heterocycles. The van der Waals surface area contributed by atoms with Crippen LogP contribution in [0.2, 0.25) is 0 Å². The van der Waals surface area contributed by atoms with E-state index >= 15 is 0 Å². The molecule has 3 rings (SSSR count). The smallest absolute Gasteiger partial charge is 0.337 e. The lowest BCUT2D eigenvalue weighted by Crippen LogP contribution is -2.11. The van der Waals surface area contributed by atoms with Gasteiger partial charge in [-0.15, -0.1) is 11.3 Å². The van der Waals surface area contributed by atoms with E-state index in [0.717, 1.165) is 17.7 Å². The first-order chi connectivity index (χ1) is 10.2. The largest absolute Gasteiger partial charge is 0.465 e. The molecule has 0 atom stereocenters. The van der Waals surface area contributed by atoms with Crippen molar-refractivity contribution in [2.24, 2.45) is 0 Å². The Morgan fingerprint density at radius 1 is 1.24 bits per heavy atom. The molecular formula is C16H15NO3S. The summed E-state index contributed by atoms with van der Waals surface area (Å²) < 4.78 is 4.67. The third kappa shape index (κ3) is 2.83. The van der Waals surface area contributed by atoms with Crippen molar-refractivity contribution in [1.82, 2.24) is 0 Å². The summed E-state index contributed by atoms with van der Waals surface area (Å²) in [5, 5.41) is 2.83. The minimum absolute atomic E-state index is 0.128. The summed E-state index contributed by atoms with van der Waals surface area (Å²) in [7, 11) is 1.33. The van der Waals surface area contributed by atoms with Gasteiger partial charge >= 0.3 is 5.97 Å². The van der Waals surface area contributed by atoms with E-state index in [2.05, 4.69) is 10.1 Å². The number of hydrogen-bond acceptors (Lipinski definition) is 4. The molecular weight excluding hydrogens is 286 g/mol. The van der Waals surface area contributed by atoms with Crippen molar-refractivity contribution in [3.63, 3.8) is 0 Å². The molecule has 1 aliphatic carbocycles. The van der Waals surface area contributed by atoms with Crippen molar-refractivity contribution >= 4 is 28.9 Å². The van der Waals surface area contributed by atoms with E-state index in [0.29, 0.717) is 11.3 Å². The summed E-state index contributed by atoms with van der Waals surface area (Å²) in [6, 6.07) is 8.72. The van der Waals surface area contributed by atoms with Crippen molar-refractivity contribution in [2.45, 2.75) is 19.3 Å². The first-order valence-corrected chi connectivity index (χ1v) is 7.60. The highest BCUT2D eigenvalue weighted by atomic mass is 32.1. The fraction of sp³-hybridized carbons (Fsp3) is 0.250. The standard InChI is InChI=1S/C16H15NO3S/c1-20-16(19)11-5-2-6-12(8-11)17-15(18)14-9-10-4-3-7-13(10)21-14/h2,5-6,8-9H,3-4,7H2,1H3,(H,17,18). The third-order valence-electron chi connectivity index (χ3n) is 3.51. The summed E-state index contributed by atoms with van der Waals surface area (Å²) in [6.07, 6.45) is 3.33. The second-order valence-electron chi connectivity index (χ2n) is 4.94. The molecule has 21 heavy (non-hydrogen) atoms. The maximum absolute atomic E-state index is 12.3. The van der Waals surface area contributed by atoms with E-state index in [1.165, 1.54) is 24.0 Å². The Labute approximate surface area is 126 Å². The number of aryl methyl sites for hydroxylation is 2. The van der Waals surface area contributed by atoms with Gasteiger partial charge in [-0.2, -0.15) is 0 Å². The van der Waals surface area contributed by atoms with Crippen LogP contribution in [-0.4, -0.2) is 19.0 Å². The van der Waals surface area contributed by atoms with E-state index in [1.54, 1.807) is 35.6 Å². The number of anilines is 1. The monoisotopic (exact) mass is 301 g/mol. The van der Waals surface area contributed by atoms with Gasteiger partial charge in [-0.25, -0.2) is 4.79 Å². The van der Waals surface area contributed by atoms with Crippen LogP contribution in [0, 0.1) is 0 Å². The first kappa shape index (κ1) is 13.8. The lowest BCUT2D eigenvalue weighted by atomic mass is 10.2. The van der Waals surface area contributed by atoms with E-state index in [4.69, 9.17) is 0 Å². The summed E-state index contributed by atoms with van der Waals surface area (Å²) >= 11 is 1.56. The molecule has 0 saturated heterocycles. The number of esters is 1. The molecule has 0 fully saturated rings. The highest BCUT2D eigenvalue weighted by molar-refractivity contribution is 7.14. The van der Waals surface area contributed by atoms with Crippen LogP contribution in [0.15, 0.2) is 30.3 Å². The first-order valence-electron chi connectivity index (χ1n) is 6.78. The minimum Gasteiger partial charge on any atom is -0.465 e. The molecule has 0 unspecified atom stereocenters. The van der Waals surface area contributed by atoms with Gasteiger partial charge in [0.1, 0.15) is 0 Å². The molecule has 5 heteroatoms. The number of ether oxygens (including phenoxy) is 1. The van der Waals surface area contributed by atoms with Crippen molar-refractivity contribution < 1.29 is 14.3 Å². The molecule has 0 aliphatic heterocycles. The van der Waals surface area contributed by atoms with Gasteiger partial charge in [0.2, 0.25) is 0 Å². The van der Waals surface area contributed by atoms with Crippen LogP contribution in [-0.2, 0) is 17.6 Å². The maximum atomic E-state index is 12.3. The number of methoxy groups -OCH3 is 1. The van der Waals surface area contributed by atoms with Crippen molar-refractivity contribution in [1.29, 1.82) is 0 Å². The number of amides is 1. The van der Waals surface area contributed by atoms with Gasteiger partial charge in [0.25, 0.3) is 5.91 Å². The van der Waals surface area contributed by atoms with Crippen LogP contribution in [0.4, 0.5) is 5.69 Å². The zero-order chi connectivity index (χ0) is 14.8. The summed E-state index contributed by atoms with van der Waals surface area (Å²) in [5.41, 5.74) is 2.31. The van der Waals surface area contributed by atoms with E-state index in [-0.39, 0.29) is 5.91 Å². The van der Waals surface area contributed by atoms with Crippen LogP contribution < -0.4 is 5.32 Å². The third-order valence-corrected chi connectivity index (χ3v) is 4.75. The quantitative estimate of drug-likeness (QED) is 0.885. The Morgan fingerprint density at radius 3 is 2.86 bits per heavy atom. The van der Waals surface area contributed by atoms with Crippen LogP contribution in [0.3, 0.4) is 0 Å². The SMILES string of the molecule is COC(=O)c1cccc(NC(=O)c2cc3c(s2)CCC3)c1. The van der Waals surface area contributed by atoms with E-state index in [9.17, 15) is 9.59 Å². The summed E-state index contributed by atoms with van der Waals surface area (Å²) in [5.74, 6) is -0.544. The van der Waals surface area contributed by atoms with Crippen LogP contribution in [0.25, 0.3) is 0 Å². The highest BCUT2D eigenvalue weighted by Gasteiger charge is 2.18. The fourth-order valence-corrected chi connectivity index (χ4v) is 3.62. The average molecular weight is 301 g/mol. The van der Waals surface area contributed by atoms with Gasteiger partial charge < -0.3 is 10.1 Å². The Bertz CT molecular complexity index is 684. The van der Waals surface area contributed by atoms with Crippen molar-refractivity contribution in [3.8, 4) is 0 Å². The van der Waals surface area contributed by atoms with Crippen molar-refractivity contribution in [3.05, 3.63) is 51.2 Å². The number of nitrogens with one attached hydrogen (secondary N) is 1. The topological polar surface area (TPSA) is 55.4 Å². The number of thiophene rings is 1. The van der Waals surface area contributed by atoms with Crippen molar-refractivity contribution in [2.75, 3.05) is 12.4 Å². The molecule has 108 valence electrons. The molecule has 0 bridgehead atoms. The zero-order valence-corrected chi connectivity index (χ0v) is 12.5. The van der Waals surface area contributed by atoms with Crippen LogP contribution >= 0.6 is 11.3 Å². The van der Waals surface area contributed by atoms with Gasteiger partial charge in [0, 0.05) is 10.6 Å². The lowest BCUT2D eigenvalue weighted by molar-refractivity contribution is 0.0600. The molecule has 0 radical (unpaired) electrons. The number of hydrogen-bond donors (Lipinski definition) is 1. The molecule has 1 aliphatic rings. The van der Waals surface area contributed by atoms with E-state index in [1.807, 2.05) is 6.07 Å². The number of carbonyl (C=O) groups excluding carboxylic acids is 2. The fourth-order valence-electron chi connectivity index (χ4n) is 2.48. The van der Waals surface area contributed by atoms with Gasteiger partial charge in [0.05, 0.1) is 17.6 Å². The lowest BCUT2D eigenvalue weighted by Gasteiger charge is -2.05. The molecule has 2 aromatic rings. The number of fused-ring (bicyclic) bond motifs is 1. The highest BCUT2D eigenvalue weighted by Crippen LogP contribution is 2.31. The average Bonchev–Trinajstić information content (AvgIpc) is 3.08.